The predicted molar refractivity (Wildman–Crippen MR) is 85.3 cm³/mol. The van der Waals surface area contributed by atoms with E-state index >= 15 is 0 Å². The summed E-state index contributed by atoms with van der Waals surface area (Å²) in [5.74, 6) is 0.899. The van der Waals surface area contributed by atoms with Crippen molar-refractivity contribution in [3.05, 3.63) is 50.1 Å². The van der Waals surface area contributed by atoms with E-state index < -0.39 is 0 Å². The summed E-state index contributed by atoms with van der Waals surface area (Å²) in [4.78, 5) is 3.50. The van der Waals surface area contributed by atoms with Crippen LogP contribution in [0.2, 0.25) is 4.34 Å². The highest BCUT2D eigenvalue weighted by Crippen LogP contribution is 2.22. The van der Waals surface area contributed by atoms with Crippen molar-refractivity contribution >= 4 is 38.9 Å². The zero-order valence-corrected chi connectivity index (χ0v) is 13.8. The fourth-order valence-corrected chi connectivity index (χ4v) is 3.06. The monoisotopic (exact) mass is 359 g/mol. The lowest BCUT2D eigenvalue weighted by molar-refractivity contribution is 0.234. The van der Waals surface area contributed by atoms with Crippen LogP contribution in [-0.2, 0) is 6.54 Å². The van der Waals surface area contributed by atoms with E-state index in [0.29, 0.717) is 6.61 Å². The van der Waals surface area contributed by atoms with E-state index in [1.807, 2.05) is 30.3 Å². The van der Waals surface area contributed by atoms with Crippen molar-refractivity contribution in [1.29, 1.82) is 0 Å². The second kappa shape index (κ2) is 7.29. The first-order valence-corrected chi connectivity index (χ1v) is 7.93. The number of nitrogens with zero attached hydrogens (tertiary/aromatic N) is 1. The molecule has 5 heteroatoms. The lowest BCUT2D eigenvalue weighted by Crippen LogP contribution is -2.23. The molecule has 0 aliphatic heterocycles. The third kappa shape index (κ3) is 5.15. The zero-order valence-electron chi connectivity index (χ0n) is 10.6. The Labute approximate surface area is 131 Å². The SMILES string of the molecule is CN(CCOc1ccc(Br)cc1)Cc1ccc(Cl)s1. The third-order valence-corrected chi connectivity index (χ3v) is 4.35. The molecule has 0 amide bonds. The molecule has 0 bridgehead atoms. The molecule has 0 aliphatic carbocycles. The minimum atomic E-state index is 0.678. The van der Waals surface area contributed by atoms with E-state index in [-0.39, 0.29) is 0 Å². The van der Waals surface area contributed by atoms with Crippen LogP contribution in [0.4, 0.5) is 0 Å². The van der Waals surface area contributed by atoms with Gasteiger partial charge in [-0.15, -0.1) is 11.3 Å². The van der Waals surface area contributed by atoms with E-state index in [4.69, 9.17) is 16.3 Å². The molecule has 0 atom stereocenters. The second-order valence-corrected chi connectivity index (χ2v) is 6.96. The van der Waals surface area contributed by atoms with Crippen LogP contribution in [0.3, 0.4) is 0 Å². The van der Waals surface area contributed by atoms with Gasteiger partial charge in [-0.05, 0) is 43.4 Å². The number of hydrogen-bond acceptors (Lipinski definition) is 3. The Morgan fingerprint density at radius 2 is 1.95 bits per heavy atom. The van der Waals surface area contributed by atoms with Crippen LogP contribution in [0.1, 0.15) is 4.88 Å². The molecule has 102 valence electrons. The molecule has 19 heavy (non-hydrogen) atoms. The van der Waals surface area contributed by atoms with Crippen molar-refractivity contribution in [3.8, 4) is 5.75 Å². The van der Waals surface area contributed by atoms with Gasteiger partial charge in [-0.1, -0.05) is 27.5 Å². The minimum absolute atomic E-state index is 0.678. The number of thiophene rings is 1. The van der Waals surface area contributed by atoms with Gasteiger partial charge in [-0.3, -0.25) is 4.90 Å². The molecule has 1 heterocycles. The number of likely N-dealkylation sites (N-methyl/N-ethyl adjacent to an activating group) is 1. The number of ether oxygens (including phenoxy) is 1. The Hall–Kier alpha value is -0.550. The first kappa shape index (κ1) is 14.9. The molecule has 0 N–H and O–H groups in total. The Kier molecular flexibility index (Phi) is 5.70. The highest BCUT2D eigenvalue weighted by Gasteiger charge is 2.03. The Morgan fingerprint density at radius 3 is 2.58 bits per heavy atom. The topological polar surface area (TPSA) is 12.5 Å². The smallest absolute Gasteiger partial charge is 0.119 e. The van der Waals surface area contributed by atoms with E-state index in [9.17, 15) is 0 Å². The third-order valence-electron chi connectivity index (χ3n) is 2.61. The highest BCUT2D eigenvalue weighted by molar-refractivity contribution is 9.10. The minimum Gasteiger partial charge on any atom is -0.492 e. The first-order chi connectivity index (χ1) is 9.13. The first-order valence-electron chi connectivity index (χ1n) is 5.94. The molecule has 0 fully saturated rings. The average Bonchev–Trinajstić information content (AvgIpc) is 2.77. The molecule has 0 aliphatic rings. The number of rotatable bonds is 6. The quantitative estimate of drug-likeness (QED) is 0.742. The average molecular weight is 361 g/mol. The molecule has 0 saturated heterocycles. The molecule has 1 aromatic carbocycles. The Balaban J connectivity index is 1.71. The lowest BCUT2D eigenvalue weighted by Gasteiger charge is -2.16. The van der Waals surface area contributed by atoms with Crippen molar-refractivity contribution in [2.45, 2.75) is 6.54 Å². The maximum absolute atomic E-state index is 5.91. The lowest BCUT2D eigenvalue weighted by atomic mass is 10.3. The highest BCUT2D eigenvalue weighted by atomic mass is 79.9. The van der Waals surface area contributed by atoms with Crippen LogP contribution in [0.5, 0.6) is 5.75 Å². The van der Waals surface area contributed by atoms with E-state index in [2.05, 4.69) is 33.9 Å². The molecule has 1 aromatic heterocycles. The Morgan fingerprint density at radius 1 is 1.21 bits per heavy atom. The van der Waals surface area contributed by atoms with Crippen LogP contribution < -0.4 is 4.74 Å². The van der Waals surface area contributed by atoms with E-state index in [0.717, 1.165) is 27.6 Å². The predicted octanol–water partition coefficient (Wildman–Crippen LogP) is 4.67. The number of halogens is 2. The second-order valence-electron chi connectivity index (χ2n) is 4.25. The van der Waals surface area contributed by atoms with Gasteiger partial charge >= 0.3 is 0 Å². The summed E-state index contributed by atoms with van der Waals surface area (Å²) in [5.41, 5.74) is 0. The molecule has 0 spiro atoms. The van der Waals surface area contributed by atoms with Crippen LogP contribution in [0.25, 0.3) is 0 Å². The van der Waals surface area contributed by atoms with E-state index in [1.54, 1.807) is 11.3 Å². The van der Waals surface area contributed by atoms with Crippen molar-refractivity contribution in [2.75, 3.05) is 20.2 Å². The molecular formula is C14H15BrClNOS. The van der Waals surface area contributed by atoms with Crippen molar-refractivity contribution in [1.82, 2.24) is 4.90 Å². The van der Waals surface area contributed by atoms with Crippen molar-refractivity contribution in [3.63, 3.8) is 0 Å². The number of benzene rings is 1. The van der Waals surface area contributed by atoms with Crippen molar-refractivity contribution < 1.29 is 4.74 Å². The number of hydrogen-bond donors (Lipinski definition) is 0. The largest absolute Gasteiger partial charge is 0.492 e. The maximum Gasteiger partial charge on any atom is 0.119 e. The maximum atomic E-state index is 5.91. The van der Waals surface area contributed by atoms with Gasteiger partial charge in [-0.25, -0.2) is 0 Å². The fraction of sp³-hybridized carbons (Fsp3) is 0.286. The summed E-state index contributed by atoms with van der Waals surface area (Å²) in [6, 6.07) is 11.9. The molecule has 0 radical (unpaired) electrons. The summed E-state index contributed by atoms with van der Waals surface area (Å²) >= 11 is 10.9. The summed E-state index contributed by atoms with van der Waals surface area (Å²) < 4.78 is 7.59. The van der Waals surface area contributed by atoms with Crippen LogP contribution in [0.15, 0.2) is 40.9 Å². The van der Waals surface area contributed by atoms with Gasteiger partial charge in [0.25, 0.3) is 0 Å². The van der Waals surface area contributed by atoms with Gasteiger partial charge in [0.2, 0.25) is 0 Å². The zero-order chi connectivity index (χ0) is 13.7. The van der Waals surface area contributed by atoms with Crippen LogP contribution in [-0.4, -0.2) is 25.1 Å². The van der Waals surface area contributed by atoms with Gasteiger partial charge in [0.15, 0.2) is 0 Å². The van der Waals surface area contributed by atoms with Crippen LogP contribution in [0, 0.1) is 0 Å². The van der Waals surface area contributed by atoms with Crippen LogP contribution >= 0.6 is 38.9 Å². The molecular weight excluding hydrogens is 346 g/mol. The van der Waals surface area contributed by atoms with Gasteiger partial charge in [0.05, 0.1) is 4.34 Å². The summed E-state index contributed by atoms with van der Waals surface area (Å²) in [6.07, 6.45) is 0. The van der Waals surface area contributed by atoms with Crippen molar-refractivity contribution in [2.24, 2.45) is 0 Å². The van der Waals surface area contributed by atoms with Gasteiger partial charge in [0.1, 0.15) is 12.4 Å². The molecule has 0 saturated carbocycles. The molecule has 0 unspecified atom stereocenters. The Bertz CT molecular complexity index is 514. The van der Waals surface area contributed by atoms with Gasteiger partial charge < -0.3 is 4.74 Å². The van der Waals surface area contributed by atoms with Gasteiger partial charge in [0, 0.05) is 22.4 Å². The summed E-state index contributed by atoms with van der Waals surface area (Å²) in [7, 11) is 2.08. The van der Waals surface area contributed by atoms with E-state index in [1.165, 1.54) is 4.88 Å². The summed E-state index contributed by atoms with van der Waals surface area (Å²) in [6.45, 7) is 2.46. The molecule has 2 nitrogen and oxygen atoms in total. The standard InChI is InChI=1S/C14H15BrClNOS/c1-17(10-13-6-7-14(16)19-13)8-9-18-12-4-2-11(15)3-5-12/h2-7H,8-10H2,1H3. The normalized spacial score (nSPS) is 10.9. The molecule has 2 aromatic rings. The molecule has 2 rings (SSSR count). The van der Waals surface area contributed by atoms with Gasteiger partial charge in [-0.2, -0.15) is 0 Å². The fourth-order valence-electron chi connectivity index (χ4n) is 1.63. The summed E-state index contributed by atoms with van der Waals surface area (Å²) in [5, 5.41) is 0.